The van der Waals surface area contributed by atoms with Crippen molar-refractivity contribution in [3.8, 4) is 5.75 Å². The molecule has 12 nitrogen and oxygen atoms in total. The molecule has 1 aromatic carbocycles. The molecule has 4 N–H and O–H groups in total. The van der Waals surface area contributed by atoms with Gasteiger partial charge in [0.25, 0.3) is 5.91 Å². The number of primary amides is 1. The minimum Gasteiger partial charge on any atom is -0.484 e. The Morgan fingerprint density at radius 1 is 1.23 bits per heavy atom. The fourth-order valence-electron chi connectivity index (χ4n) is 1.73. The number of hydrogen-bond acceptors (Lipinski definition) is 8. The first kappa shape index (κ1) is 18.4. The van der Waals surface area contributed by atoms with Crippen molar-refractivity contribution in [2.45, 2.75) is 6.54 Å². The topological polar surface area (TPSA) is 178 Å². The summed E-state index contributed by atoms with van der Waals surface area (Å²) < 4.78 is 6.13. The molecule has 0 atom stereocenters. The fraction of sp³-hybridized carbons (Fsp3) is 0.143. The summed E-state index contributed by atoms with van der Waals surface area (Å²) in [5.41, 5.74) is 11.1. The summed E-state index contributed by atoms with van der Waals surface area (Å²) >= 11 is 0. The molecule has 0 unspecified atom stereocenters. The normalized spacial score (nSPS) is 11.0. The summed E-state index contributed by atoms with van der Waals surface area (Å²) in [5, 5.41) is 17.6. The number of oxime groups is 1. The quantitative estimate of drug-likeness (QED) is 0.208. The molecule has 0 aliphatic carbocycles. The van der Waals surface area contributed by atoms with E-state index >= 15 is 0 Å². The largest absolute Gasteiger partial charge is 0.484 e. The second kappa shape index (κ2) is 8.23. The molecule has 2 rings (SSSR count). The molecule has 26 heavy (non-hydrogen) atoms. The maximum atomic E-state index is 11.7. The van der Waals surface area contributed by atoms with Crippen molar-refractivity contribution in [2.75, 3.05) is 6.61 Å². The fourth-order valence-corrected chi connectivity index (χ4v) is 1.73. The zero-order chi connectivity index (χ0) is 19.1. The van der Waals surface area contributed by atoms with Gasteiger partial charge in [0, 0.05) is 5.56 Å². The van der Waals surface area contributed by atoms with Gasteiger partial charge < -0.3 is 31.2 Å². The number of carbonyl (C=O) groups excluding carboxylic acids is 2. The van der Waals surface area contributed by atoms with Gasteiger partial charge in [-0.25, -0.2) is 4.79 Å². The summed E-state index contributed by atoms with van der Waals surface area (Å²) in [4.78, 5) is 36.8. The number of hydrogen-bond donors (Lipinski definition) is 2. The second-order valence-corrected chi connectivity index (χ2v) is 4.85. The lowest BCUT2D eigenvalue weighted by Gasteiger charge is -2.05. The lowest BCUT2D eigenvalue weighted by atomic mass is 10.2. The van der Waals surface area contributed by atoms with Crippen molar-refractivity contribution in [3.63, 3.8) is 0 Å². The number of rotatable bonds is 8. The maximum absolute atomic E-state index is 11.7. The third-order valence-corrected chi connectivity index (χ3v) is 2.88. The zero-order valence-electron chi connectivity index (χ0n) is 13.3. The molecule has 0 saturated carbocycles. The van der Waals surface area contributed by atoms with E-state index in [2.05, 4.69) is 15.1 Å². The van der Waals surface area contributed by atoms with Crippen LogP contribution >= 0.6 is 0 Å². The van der Waals surface area contributed by atoms with Crippen LogP contribution in [0.3, 0.4) is 0 Å². The molecule has 12 heteroatoms. The molecule has 2 aromatic rings. The molecule has 0 fully saturated rings. The molecule has 0 bridgehead atoms. The molecular formula is C14H14N6O6. The van der Waals surface area contributed by atoms with E-state index in [9.17, 15) is 19.7 Å². The molecule has 1 aromatic heterocycles. The van der Waals surface area contributed by atoms with Crippen LogP contribution in [0.4, 0.5) is 5.82 Å². The van der Waals surface area contributed by atoms with Crippen LogP contribution in [0.1, 0.15) is 5.56 Å². The maximum Gasteiger partial charge on any atom is 0.389 e. The summed E-state index contributed by atoms with van der Waals surface area (Å²) in [7, 11) is 0. The minimum atomic E-state index is -0.813. The van der Waals surface area contributed by atoms with Gasteiger partial charge in [-0.05, 0) is 29.2 Å². The Kier molecular flexibility index (Phi) is 5.82. The Hall–Kier alpha value is -3.96. The van der Waals surface area contributed by atoms with Crippen LogP contribution in [0.2, 0.25) is 0 Å². The van der Waals surface area contributed by atoms with E-state index in [1.54, 1.807) is 12.1 Å². The van der Waals surface area contributed by atoms with Crippen LogP contribution in [-0.2, 0) is 21.0 Å². The number of amidine groups is 1. The number of amides is 1. The third-order valence-electron chi connectivity index (χ3n) is 2.88. The summed E-state index contributed by atoms with van der Waals surface area (Å²) in [6.07, 6.45) is 1.26. The average molecular weight is 362 g/mol. The molecule has 0 spiro atoms. The predicted octanol–water partition coefficient (Wildman–Crippen LogP) is -0.481. The Bertz CT molecular complexity index is 844. The van der Waals surface area contributed by atoms with Crippen LogP contribution < -0.4 is 16.2 Å². The number of nitrogens with zero attached hydrogens (tertiary/aromatic N) is 4. The van der Waals surface area contributed by atoms with Crippen LogP contribution in [-0.4, -0.2) is 39.0 Å². The van der Waals surface area contributed by atoms with Gasteiger partial charge in [0.15, 0.2) is 19.0 Å². The number of nitro groups is 1. The van der Waals surface area contributed by atoms with Crippen molar-refractivity contribution in [3.05, 3.63) is 52.2 Å². The van der Waals surface area contributed by atoms with E-state index in [1.807, 2.05) is 0 Å². The van der Waals surface area contributed by atoms with E-state index in [-0.39, 0.29) is 24.8 Å². The van der Waals surface area contributed by atoms with E-state index in [0.717, 1.165) is 10.7 Å². The van der Waals surface area contributed by atoms with E-state index < -0.39 is 16.8 Å². The predicted molar refractivity (Wildman–Crippen MR) is 86.8 cm³/mol. The lowest BCUT2D eigenvalue weighted by Crippen LogP contribution is -2.20. The Morgan fingerprint density at radius 2 is 1.92 bits per heavy atom. The number of ether oxygens (including phenoxy) is 1. The van der Waals surface area contributed by atoms with Crippen LogP contribution in [0.15, 0.2) is 41.7 Å². The molecule has 0 aliphatic rings. The van der Waals surface area contributed by atoms with Crippen LogP contribution in [0.25, 0.3) is 0 Å². The first-order valence-corrected chi connectivity index (χ1v) is 7.08. The van der Waals surface area contributed by atoms with Gasteiger partial charge in [-0.3, -0.25) is 4.79 Å². The first-order chi connectivity index (χ1) is 12.3. The van der Waals surface area contributed by atoms with Gasteiger partial charge in [0.05, 0.1) is 17.4 Å². The van der Waals surface area contributed by atoms with Crippen molar-refractivity contribution in [2.24, 2.45) is 16.6 Å². The van der Waals surface area contributed by atoms with Crippen LogP contribution in [0.5, 0.6) is 5.75 Å². The van der Waals surface area contributed by atoms with E-state index in [4.69, 9.17) is 16.2 Å². The van der Waals surface area contributed by atoms with Gasteiger partial charge in [-0.2, -0.15) is 4.68 Å². The Labute approximate surface area is 146 Å². The van der Waals surface area contributed by atoms with Gasteiger partial charge in [0.1, 0.15) is 5.75 Å². The van der Waals surface area contributed by atoms with Crippen LogP contribution in [0, 0.1) is 10.1 Å². The Balaban J connectivity index is 1.90. The highest BCUT2D eigenvalue weighted by atomic mass is 16.7. The number of carbonyl (C=O) groups is 2. The second-order valence-electron chi connectivity index (χ2n) is 4.85. The van der Waals surface area contributed by atoms with Gasteiger partial charge in [0.2, 0.25) is 0 Å². The average Bonchev–Trinajstić information content (AvgIpc) is 3.07. The van der Waals surface area contributed by atoms with Gasteiger partial charge >= 0.3 is 11.8 Å². The smallest absolute Gasteiger partial charge is 0.389 e. The summed E-state index contributed by atoms with van der Waals surface area (Å²) in [5.74, 6) is -1.49. The molecular weight excluding hydrogens is 348 g/mol. The molecule has 1 heterocycles. The Morgan fingerprint density at radius 3 is 2.50 bits per heavy atom. The highest BCUT2D eigenvalue weighted by Crippen LogP contribution is 2.12. The van der Waals surface area contributed by atoms with Crippen molar-refractivity contribution < 1.29 is 24.1 Å². The monoisotopic (exact) mass is 362 g/mol. The van der Waals surface area contributed by atoms with Crippen molar-refractivity contribution in [1.82, 2.24) is 9.78 Å². The number of aromatic nitrogens is 2. The third kappa shape index (κ3) is 5.30. The van der Waals surface area contributed by atoms with E-state index in [1.165, 1.54) is 18.3 Å². The number of benzene rings is 1. The minimum absolute atomic E-state index is 0.0775. The summed E-state index contributed by atoms with van der Waals surface area (Å²) in [6.45, 7) is -0.628. The SMILES string of the molecule is NC(=O)COc1ccc(/C(N)=N/OC(=O)Cn2ccc([N+](=O)[O-])n2)cc1. The molecule has 0 aliphatic heterocycles. The van der Waals surface area contributed by atoms with Crippen molar-refractivity contribution in [1.29, 1.82) is 0 Å². The van der Waals surface area contributed by atoms with Gasteiger partial charge in [-0.15, -0.1) is 0 Å². The molecule has 1 amide bonds. The van der Waals surface area contributed by atoms with Crippen molar-refractivity contribution >= 4 is 23.5 Å². The summed E-state index contributed by atoms with van der Waals surface area (Å²) in [6, 6.07) is 7.29. The lowest BCUT2D eigenvalue weighted by molar-refractivity contribution is -0.389. The molecule has 136 valence electrons. The molecule has 0 radical (unpaired) electrons. The highest BCUT2D eigenvalue weighted by Gasteiger charge is 2.14. The first-order valence-electron chi connectivity index (χ1n) is 7.08. The number of nitrogens with two attached hydrogens (primary N) is 2. The zero-order valence-corrected chi connectivity index (χ0v) is 13.3. The van der Waals surface area contributed by atoms with Gasteiger partial charge in [-0.1, -0.05) is 5.16 Å². The molecule has 0 saturated heterocycles. The highest BCUT2D eigenvalue weighted by molar-refractivity contribution is 5.97. The standard InChI is InChI=1S/C14H14N6O6/c15-11(21)8-25-10-3-1-9(2-4-10)14(16)18-26-13(22)7-19-6-5-12(17-19)20(23)24/h1-6H,7-8H2,(H2,15,21)(H2,16,18). The van der Waals surface area contributed by atoms with E-state index in [0.29, 0.717) is 11.3 Å².